The molecule has 0 radical (unpaired) electrons. The van der Waals surface area contributed by atoms with Gasteiger partial charge in [-0.25, -0.2) is 0 Å². The molecule has 2 aliphatic rings. The zero-order chi connectivity index (χ0) is 16.7. The van der Waals surface area contributed by atoms with Crippen LogP contribution < -0.4 is 10.6 Å². The zero-order valence-corrected chi connectivity index (χ0v) is 16.7. The fraction of sp³-hybridized carbons (Fsp3) is 0.556. The van der Waals surface area contributed by atoms with Crippen molar-refractivity contribution in [2.75, 3.05) is 17.2 Å². The fourth-order valence-electron chi connectivity index (χ4n) is 3.99. The number of aliphatic hydroxyl groups is 1. The predicted molar refractivity (Wildman–Crippen MR) is 104 cm³/mol. The molecule has 3 rings (SSSR count). The summed E-state index contributed by atoms with van der Waals surface area (Å²) >= 11 is 7.27. The lowest BCUT2D eigenvalue weighted by Gasteiger charge is -2.36. The first-order valence-corrected chi connectivity index (χ1v) is 9.88. The molecule has 1 heterocycles. The van der Waals surface area contributed by atoms with E-state index in [2.05, 4.69) is 50.3 Å². The lowest BCUT2D eigenvalue weighted by molar-refractivity contribution is 0.177. The summed E-state index contributed by atoms with van der Waals surface area (Å²) in [6.45, 7) is 7.47. The van der Waals surface area contributed by atoms with Gasteiger partial charge in [-0.2, -0.15) is 0 Å². The topological polar surface area (TPSA) is 49.5 Å². The molecule has 0 bridgehead atoms. The number of benzene rings is 1. The van der Waals surface area contributed by atoms with Crippen molar-refractivity contribution >= 4 is 43.2 Å². The summed E-state index contributed by atoms with van der Waals surface area (Å²) in [5, 5.41) is 9.75. The third kappa shape index (κ3) is 3.20. The second kappa shape index (κ2) is 6.77. The van der Waals surface area contributed by atoms with Crippen LogP contribution in [-0.2, 0) is 6.42 Å². The van der Waals surface area contributed by atoms with Crippen molar-refractivity contribution in [3.8, 4) is 0 Å². The third-order valence-electron chi connectivity index (χ3n) is 5.25. The monoisotopic (exact) mass is 442 g/mol. The Bertz CT molecular complexity index is 645. The highest BCUT2D eigenvalue weighted by Crippen LogP contribution is 2.46. The van der Waals surface area contributed by atoms with E-state index >= 15 is 0 Å². The van der Waals surface area contributed by atoms with Gasteiger partial charge in [-0.05, 0) is 94.4 Å². The van der Waals surface area contributed by atoms with Crippen LogP contribution in [0.3, 0.4) is 0 Å². The standard InChI is InChI=1S/C18H24Br2N2O/c1-10(8-12-5-6-13(23)9-12)22-7-3-4-14-11(2)15(19)16(20)17(21)18(14)22/h12-13,23H,1,3-9,21H2,2H3/t12?,13-/m1/s1. The minimum absolute atomic E-state index is 0.126. The van der Waals surface area contributed by atoms with Crippen LogP contribution in [0.5, 0.6) is 0 Å². The molecule has 5 heteroatoms. The van der Waals surface area contributed by atoms with Gasteiger partial charge in [-0.15, -0.1) is 0 Å². The maximum atomic E-state index is 9.75. The smallest absolute Gasteiger partial charge is 0.0714 e. The number of nitrogen functional groups attached to an aromatic ring is 1. The Kier molecular flexibility index (Phi) is 5.09. The predicted octanol–water partition coefficient (Wildman–Crippen LogP) is 4.92. The molecule has 0 amide bonds. The van der Waals surface area contributed by atoms with Gasteiger partial charge in [-0.1, -0.05) is 6.58 Å². The number of allylic oxidation sites excluding steroid dienone is 1. The number of aliphatic hydroxyl groups excluding tert-OH is 1. The van der Waals surface area contributed by atoms with Crippen molar-refractivity contribution in [1.82, 2.24) is 0 Å². The van der Waals surface area contributed by atoms with Crippen LogP contribution in [0.15, 0.2) is 21.2 Å². The molecular weight excluding hydrogens is 420 g/mol. The average molecular weight is 444 g/mol. The second-order valence-corrected chi connectivity index (χ2v) is 8.44. The number of anilines is 2. The van der Waals surface area contributed by atoms with Crippen LogP contribution in [0.4, 0.5) is 11.4 Å². The number of fused-ring (bicyclic) bond motifs is 1. The van der Waals surface area contributed by atoms with E-state index in [1.165, 1.54) is 11.1 Å². The van der Waals surface area contributed by atoms with Crippen LogP contribution in [0, 0.1) is 12.8 Å². The minimum Gasteiger partial charge on any atom is -0.396 e. The molecule has 0 spiro atoms. The Labute approximate surface area is 155 Å². The van der Waals surface area contributed by atoms with E-state index in [0.29, 0.717) is 5.92 Å². The normalized spacial score (nSPS) is 23.9. The molecular formula is C18H24Br2N2O. The summed E-state index contributed by atoms with van der Waals surface area (Å²) in [5.74, 6) is 0.545. The highest BCUT2D eigenvalue weighted by Gasteiger charge is 2.29. The fourth-order valence-corrected chi connectivity index (χ4v) is 4.93. The van der Waals surface area contributed by atoms with Crippen LogP contribution >= 0.6 is 31.9 Å². The minimum atomic E-state index is -0.126. The maximum absolute atomic E-state index is 9.75. The van der Waals surface area contributed by atoms with Crippen LogP contribution in [0.1, 0.15) is 43.2 Å². The Morgan fingerprint density at radius 3 is 2.74 bits per heavy atom. The molecule has 126 valence electrons. The van der Waals surface area contributed by atoms with Gasteiger partial charge in [0.1, 0.15) is 0 Å². The number of halogens is 2. The Hall–Kier alpha value is -0.520. The largest absolute Gasteiger partial charge is 0.396 e. The van der Waals surface area contributed by atoms with Gasteiger partial charge < -0.3 is 15.7 Å². The van der Waals surface area contributed by atoms with Gasteiger partial charge in [0.2, 0.25) is 0 Å². The van der Waals surface area contributed by atoms with E-state index < -0.39 is 0 Å². The molecule has 1 unspecified atom stereocenters. The number of nitrogens with two attached hydrogens (primary N) is 1. The Morgan fingerprint density at radius 2 is 2.09 bits per heavy atom. The maximum Gasteiger partial charge on any atom is 0.0714 e. The first-order valence-electron chi connectivity index (χ1n) is 8.29. The SMILES string of the molecule is C=C(CC1CC[C@@H](O)C1)N1CCCc2c(C)c(Br)c(Br)c(N)c21. The van der Waals surface area contributed by atoms with Crippen molar-refractivity contribution in [1.29, 1.82) is 0 Å². The first kappa shape index (κ1) is 17.3. The van der Waals surface area contributed by atoms with Gasteiger partial charge in [0.15, 0.2) is 0 Å². The highest BCUT2D eigenvalue weighted by atomic mass is 79.9. The molecule has 0 saturated heterocycles. The zero-order valence-electron chi connectivity index (χ0n) is 13.5. The molecule has 3 N–H and O–H groups in total. The molecule has 23 heavy (non-hydrogen) atoms. The quantitative estimate of drug-likeness (QED) is 0.651. The molecule has 1 aliphatic carbocycles. The summed E-state index contributed by atoms with van der Waals surface area (Å²) in [6.07, 6.45) is 5.92. The second-order valence-electron chi connectivity index (χ2n) is 6.85. The molecule has 1 fully saturated rings. The van der Waals surface area contributed by atoms with Crippen LogP contribution in [-0.4, -0.2) is 17.8 Å². The number of nitrogens with zero attached hydrogens (tertiary/aromatic N) is 1. The lowest BCUT2D eigenvalue weighted by atomic mass is 9.93. The van der Waals surface area contributed by atoms with E-state index in [1.807, 2.05) is 0 Å². The molecule has 1 aromatic carbocycles. The number of hydrogen-bond donors (Lipinski definition) is 2. The molecule has 2 atom stereocenters. The van der Waals surface area contributed by atoms with E-state index in [9.17, 15) is 5.11 Å². The molecule has 1 saturated carbocycles. The number of rotatable bonds is 3. The summed E-state index contributed by atoms with van der Waals surface area (Å²) < 4.78 is 1.99. The van der Waals surface area contributed by atoms with Crippen molar-refractivity contribution in [3.63, 3.8) is 0 Å². The van der Waals surface area contributed by atoms with E-state index in [-0.39, 0.29) is 6.10 Å². The third-order valence-corrected chi connectivity index (χ3v) is 7.60. The summed E-state index contributed by atoms with van der Waals surface area (Å²) in [5.41, 5.74) is 12.1. The highest BCUT2D eigenvalue weighted by molar-refractivity contribution is 9.13. The van der Waals surface area contributed by atoms with Gasteiger partial charge in [0.05, 0.1) is 22.0 Å². The van der Waals surface area contributed by atoms with Crippen molar-refractivity contribution in [2.24, 2.45) is 5.92 Å². The molecule has 0 aromatic heterocycles. The Balaban J connectivity index is 1.91. The number of hydrogen-bond acceptors (Lipinski definition) is 3. The van der Waals surface area contributed by atoms with Gasteiger partial charge in [0.25, 0.3) is 0 Å². The van der Waals surface area contributed by atoms with Crippen LogP contribution in [0.25, 0.3) is 0 Å². The molecule has 1 aromatic rings. The lowest BCUT2D eigenvalue weighted by Crippen LogP contribution is -2.30. The van der Waals surface area contributed by atoms with E-state index in [4.69, 9.17) is 5.73 Å². The Morgan fingerprint density at radius 1 is 1.35 bits per heavy atom. The van der Waals surface area contributed by atoms with Crippen molar-refractivity contribution in [3.05, 3.63) is 32.3 Å². The summed E-state index contributed by atoms with van der Waals surface area (Å²) in [6, 6.07) is 0. The summed E-state index contributed by atoms with van der Waals surface area (Å²) in [7, 11) is 0. The molecule has 3 nitrogen and oxygen atoms in total. The first-order chi connectivity index (χ1) is 10.9. The van der Waals surface area contributed by atoms with Crippen LogP contribution in [0.2, 0.25) is 0 Å². The van der Waals surface area contributed by atoms with Crippen molar-refractivity contribution in [2.45, 2.75) is 51.6 Å². The van der Waals surface area contributed by atoms with E-state index in [0.717, 1.165) is 71.1 Å². The van der Waals surface area contributed by atoms with Gasteiger partial charge >= 0.3 is 0 Å². The summed E-state index contributed by atoms with van der Waals surface area (Å²) in [4.78, 5) is 2.31. The van der Waals surface area contributed by atoms with Gasteiger partial charge in [-0.3, -0.25) is 0 Å². The van der Waals surface area contributed by atoms with E-state index in [1.54, 1.807) is 0 Å². The molecule has 1 aliphatic heterocycles. The van der Waals surface area contributed by atoms with Gasteiger partial charge in [0, 0.05) is 16.7 Å². The average Bonchev–Trinajstić information content (AvgIpc) is 2.95. The van der Waals surface area contributed by atoms with Crippen molar-refractivity contribution < 1.29 is 5.11 Å².